The van der Waals surface area contributed by atoms with Crippen molar-refractivity contribution >= 4 is 5.91 Å². The summed E-state index contributed by atoms with van der Waals surface area (Å²) in [4.78, 5) is 15.2. The molecule has 3 aromatic rings. The lowest BCUT2D eigenvalue weighted by atomic mass is 10.0. The molecule has 1 aliphatic heterocycles. The maximum atomic E-state index is 13.2. The van der Waals surface area contributed by atoms with E-state index in [0.717, 1.165) is 36.4 Å². The van der Waals surface area contributed by atoms with Crippen molar-refractivity contribution in [1.82, 2.24) is 25.1 Å². The zero-order valence-corrected chi connectivity index (χ0v) is 16.1. The van der Waals surface area contributed by atoms with Crippen molar-refractivity contribution < 1.29 is 9.53 Å². The molecule has 0 N–H and O–H groups in total. The molecule has 0 bridgehead atoms. The van der Waals surface area contributed by atoms with Crippen LogP contribution in [-0.4, -0.2) is 44.2 Å². The van der Waals surface area contributed by atoms with Gasteiger partial charge in [-0.3, -0.25) is 4.79 Å². The van der Waals surface area contributed by atoms with Crippen molar-refractivity contribution in [2.24, 2.45) is 0 Å². The van der Waals surface area contributed by atoms with Gasteiger partial charge < -0.3 is 9.64 Å². The van der Waals surface area contributed by atoms with Crippen molar-refractivity contribution in [3.05, 3.63) is 65.5 Å². The summed E-state index contributed by atoms with van der Waals surface area (Å²) in [5, 5.41) is 11.6. The van der Waals surface area contributed by atoms with Gasteiger partial charge in [-0.1, -0.05) is 18.2 Å². The van der Waals surface area contributed by atoms with Crippen molar-refractivity contribution in [2.45, 2.75) is 32.7 Å². The number of aryl methyl sites for hydroxylation is 1. The zero-order valence-electron chi connectivity index (χ0n) is 16.1. The maximum absolute atomic E-state index is 13.2. The van der Waals surface area contributed by atoms with Crippen molar-refractivity contribution in [3.8, 4) is 11.4 Å². The fraction of sp³-hybridized carbons (Fsp3) is 0.333. The van der Waals surface area contributed by atoms with Gasteiger partial charge in [0.05, 0.1) is 18.3 Å². The molecule has 144 valence electrons. The van der Waals surface area contributed by atoms with E-state index in [1.165, 1.54) is 0 Å². The highest BCUT2D eigenvalue weighted by Gasteiger charge is 2.30. The third-order valence-electron chi connectivity index (χ3n) is 5.05. The fourth-order valence-electron chi connectivity index (χ4n) is 3.72. The van der Waals surface area contributed by atoms with Crippen LogP contribution < -0.4 is 4.74 Å². The van der Waals surface area contributed by atoms with E-state index < -0.39 is 0 Å². The summed E-state index contributed by atoms with van der Waals surface area (Å²) in [5.41, 5.74) is 2.57. The van der Waals surface area contributed by atoms with Gasteiger partial charge in [0, 0.05) is 12.1 Å². The largest absolute Gasteiger partial charge is 0.494 e. The second-order valence-electron chi connectivity index (χ2n) is 6.85. The summed E-state index contributed by atoms with van der Waals surface area (Å²) in [6.45, 7) is 5.20. The number of hydrogen-bond donors (Lipinski definition) is 0. The van der Waals surface area contributed by atoms with E-state index >= 15 is 0 Å². The molecule has 7 heteroatoms. The molecule has 2 heterocycles. The highest BCUT2D eigenvalue weighted by atomic mass is 16.5. The Morgan fingerprint density at radius 1 is 1.21 bits per heavy atom. The van der Waals surface area contributed by atoms with Crippen LogP contribution in [0.15, 0.2) is 48.5 Å². The fourth-order valence-corrected chi connectivity index (χ4v) is 3.72. The number of carbonyl (C=O) groups is 1. The SMILES string of the molecule is CCOc1ccc([C@@H]2CCCN2C(=O)c2cccc(-n3nnnc3C)c2)cc1. The molecule has 1 fully saturated rings. The molecule has 4 rings (SSSR count). The van der Waals surface area contributed by atoms with E-state index in [-0.39, 0.29) is 11.9 Å². The van der Waals surface area contributed by atoms with Crippen LogP contribution in [-0.2, 0) is 0 Å². The maximum Gasteiger partial charge on any atom is 0.254 e. The Labute approximate surface area is 163 Å². The summed E-state index contributed by atoms with van der Waals surface area (Å²) < 4.78 is 7.16. The average Bonchev–Trinajstić information content (AvgIpc) is 3.37. The molecule has 0 unspecified atom stereocenters. The number of amides is 1. The first-order valence-electron chi connectivity index (χ1n) is 9.56. The lowest BCUT2D eigenvalue weighted by Gasteiger charge is -2.25. The lowest BCUT2D eigenvalue weighted by molar-refractivity contribution is 0.0735. The topological polar surface area (TPSA) is 73.1 Å². The first-order valence-corrected chi connectivity index (χ1v) is 9.56. The van der Waals surface area contributed by atoms with Crippen LogP contribution in [0.3, 0.4) is 0 Å². The number of carbonyl (C=O) groups excluding carboxylic acids is 1. The second kappa shape index (κ2) is 7.80. The normalized spacial score (nSPS) is 16.4. The van der Waals surface area contributed by atoms with Crippen LogP contribution in [0.25, 0.3) is 5.69 Å². The van der Waals surface area contributed by atoms with E-state index in [4.69, 9.17) is 4.74 Å². The van der Waals surface area contributed by atoms with Gasteiger partial charge in [0.2, 0.25) is 0 Å². The van der Waals surface area contributed by atoms with Crippen LogP contribution in [0.1, 0.15) is 47.6 Å². The Morgan fingerprint density at radius 2 is 2.04 bits per heavy atom. The molecular weight excluding hydrogens is 354 g/mol. The number of hydrogen-bond acceptors (Lipinski definition) is 5. The molecule has 7 nitrogen and oxygen atoms in total. The number of ether oxygens (including phenoxy) is 1. The van der Waals surface area contributed by atoms with Gasteiger partial charge >= 0.3 is 0 Å². The highest BCUT2D eigenvalue weighted by molar-refractivity contribution is 5.95. The van der Waals surface area contributed by atoms with Gasteiger partial charge in [-0.2, -0.15) is 4.68 Å². The summed E-state index contributed by atoms with van der Waals surface area (Å²) in [6.07, 6.45) is 1.96. The van der Waals surface area contributed by atoms with E-state index in [2.05, 4.69) is 27.7 Å². The minimum Gasteiger partial charge on any atom is -0.494 e. The first kappa shape index (κ1) is 18.2. The quantitative estimate of drug-likeness (QED) is 0.682. The van der Waals surface area contributed by atoms with Crippen molar-refractivity contribution in [3.63, 3.8) is 0 Å². The smallest absolute Gasteiger partial charge is 0.254 e. The number of rotatable bonds is 5. The van der Waals surface area contributed by atoms with Crippen LogP contribution in [0.2, 0.25) is 0 Å². The zero-order chi connectivity index (χ0) is 19.5. The van der Waals surface area contributed by atoms with E-state index in [1.54, 1.807) is 4.68 Å². The molecule has 0 saturated carbocycles. The number of likely N-dealkylation sites (tertiary alicyclic amines) is 1. The van der Waals surface area contributed by atoms with Gasteiger partial charge in [-0.05, 0) is 73.0 Å². The lowest BCUT2D eigenvalue weighted by Crippen LogP contribution is -2.30. The van der Waals surface area contributed by atoms with Gasteiger partial charge in [0.1, 0.15) is 5.75 Å². The Bertz CT molecular complexity index is 967. The summed E-state index contributed by atoms with van der Waals surface area (Å²) in [5.74, 6) is 1.56. The number of aromatic nitrogens is 4. The first-order chi connectivity index (χ1) is 13.7. The monoisotopic (exact) mass is 377 g/mol. The predicted octanol–water partition coefficient (Wildman–Crippen LogP) is 3.35. The van der Waals surface area contributed by atoms with E-state index in [1.807, 2.05) is 55.1 Å². The summed E-state index contributed by atoms with van der Waals surface area (Å²) >= 11 is 0. The Morgan fingerprint density at radius 3 is 2.75 bits per heavy atom. The number of nitrogens with zero attached hydrogens (tertiary/aromatic N) is 5. The molecule has 1 aliphatic rings. The summed E-state index contributed by atoms with van der Waals surface area (Å²) in [6, 6.07) is 15.6. The molecule has 0 radical (unpaired) electrons. The third-order valence-corrected chi connectivity index (χ3v) is 5.05. The third kappa shape index (κ3) is 3.47. The predicted molar refractivity (Wildman–Crippen MR) is 105 cm³/mol. The van der Waals surface area contributed by atoms with Crippen LogP contribution in [0, 0.1) is 6.92 Å². The molecule has 28 heavy (non-hydrogen) atoms. The Hall–Kier alpha value is -3.22. The second-order valence-corrected chi connectivity index (χ2v) is 6.85. The molecule has 1 atom stereocenters. The van der Waals surface area contributed by atoms with Crippen LogP contribution in [0.5, 0.6) is 5.75 Å². The molecule has 0 spiro atoms. The molecule has 1 aromatic heterocycles. The van der Waals surface area contributed by atoms with Gasteiger partial charge in [0.15, 0.2) is 5.82 Å². The summed E-state index contributed by atoms with van der Waals surface area (Å²) in [7, 11) is 0. The molecular formula is C21H23N5O2. The Balaban J connectivity index is 1.58. The van der Waals surface area contributed by atoms with Crippen molar-refractivity contribution in [2.75, 3.05) is 13.2 Å². The number of tetrazole rings is 1. The minimum absolute atomic E-state index is 0.0314. The molecule has 1 saturated heterocycles. The van der Waals surface area contributed by atoms with Gasteiger partial charge in [0.25, 0.3) is 5.91 Å². The molecule has 1 amide bonds. The van der Waals surface area contributed by atoms with E-state index in [0.29, 0.717) is 18.0 Å². The molecule has 0 aliphatic carbocycles. The highest BCUT2D eigenvalue weighted by Crippen LogP contribution is 2.34. The van der Waals surface area contributed by atoms with E-state index in [9.17, 15) is 4.79 Å². The standard InChI is InChI=1S/C21H23N5O2/c1-3-28-19-11-9-16(10-12-19)20-8-5-13-25(20)21(27)17-6-4-7-18(14-17)26-15(2)22-23-24-26/h4,6-7,9-12,14,20H,3,5,8,13H2,1-2H3/t20-/m0/s1. The minimum atomic E-state index is 0.0314. The Kier molecular flexibility index (Phi) is 5.06. The van der Waals surface area contributed by atoms with Gasteiger partial charge in [-0.15, -0.1) is 5.10 Å². The van der Waals surface area contributed by atoms with Crippen LogP contribution >= 0.6 is 0 Å². The number of benzene rings is 2. The van der Waals surface area contributed by atoms with Crippen molar-refractivity contribution in [1.29, 1.82) is 0 Å². The molecule has 2 aromatic carbocycles. The average molecular weight is 377 g/mol. The van der Waals surface area contributed by atoms with Crippen LogP contribution in [0.4, 0.5) is 0 Å². The van der Waals surface area contributed by atoms with Gasteiger partial charge in [-0.25, -0.2) is 0 Å².